The molecule has 0 aliphatic heterocycles. The van der Waals surface area contributed by atoms with E-state index >= 15 is 0 Å². The van der Waals surface area contributed by atoms with Crippen molar-refractivity contribution in [3.05, 3.63) is 27.7 Å². The number of hydrogen-bond acceptors (Lipinski definition) is 4. The Bertz CT molecular complexity index is 433. The first-order valence-electron chi connectivity index (χ1n) is 5.12. The molecule has 0 heterocycles. The number of ether oxygens (including phenoxy) is 1. The zero-order valence-electron chi connectivity index (χ0n) is 9.49. The van der Waals surface area contributed by atoms with Crippen LogP contribution in [0.2, 0.25) is 10.0 Å². The van der Waals surface area contributed by atoms with Crippen molar-refractivity contribution in [2.24, 2.45) is 5.73 Å². The first kappa shape index (κ1) is 15.0. The molecule has 0 fully saturated rings. The Kier molecular flexibility index (Phi) is 5.19. The Balaban J connectivity index is 3.03. The van der Waals surface area contributed by atoms with E-state index in [4.69, 9.17) is 28.9 Å². The summed E-state index contributed by atoms with van der Waals surface area (Å²) >= 11 is 11.5. The molecule has 0 aromatic heterocycles. The molecular weight excluding hydrogens is 284 g/mol. The number of carbonyl (C=O) groups excluding carboxylic acids is 1. The summed E-state index contributed by atoms with van der Waals surface area (Å²) in [7, 11) is 0. The topological polar surface area (TPSA) is 72.5 Å². The van der Waals surface area contributed by atoms with Crippen molar-refractivity contribution in [3.63, 3.8) is 0 Å². The highest BCUT2D eigenvalue weighted by atomic mass is 35.5. The molecule has 7 heteroatoms. The summed E-state index contributed by atoms with van der Waals surface area (Å²) in [6.07, 6.45) is -2.12. The summed E-state index contributed by atoms with van der Waals surface area (Å²) in [6.45, 7) is 1.58. The second-order valence-corrected chi connectivity index (χ2v) is 4.34. The third-order valence-electron chi connectivity index (χ3n) is 2.23. The third-order valence-corrected chi connectivity index (χ3v) is 2.76. The lowest BCUT2D eigenvalue weighted by atomic mass is 10.0. The molecule has 0 spiro atoms. The molecule has 0 aliphatic carbocycles. The smallest absolute Gasteiger partial charge is 0.342 e. The van der Waals surface area contributed by atoms with Crippen molar-refractivity contribution in [1.29, 1.82) is 0 Å². The van der Waals surface area contributed by atoms with Gasteiger partial charge in [-0.2, -0.15) is 0 Å². The van der Waals surface area contributed by atoms with Gasteiger partial charge in [-0.15, -0.1) is 0 Å². The fourth-order valence-electron chi connectivity index (χ4n) is 1.42. The Labute approximate surface area is 113 Å². The number of rotatable bonds is 4. The molecule has 4 nitrogen and oxygen atoms in total. The summed E-state index contributed by atoms with van der Waals surface area (Å²) in [4.78, 5) is 11.2. The lowest BCUT2D eigenvalue weighted by Crippen LogP contribution is -2.31. The molecule has 1 unspecified atom stereocenters. The van der Waals surface area contributed by atoms with Crippen LogP contribution in [-0.2, 0) is 9.53 Å². The summed E-state index contributed by atoms with van der Waals surface area (Å²) in [5.74, 6) is -1.47. The van der Waals surface area contributed by atoms with Gasteiger partial charge in [-0.3, -0.25) is 0 Å². The normalized spacial score (nSPS) is 14.1. The lowest BCUT2D eigenvalue weighted by Gasteiger charge is -2.18. The van der Waals surface area contributed by atoms with E-state index in [0.717, 1.165) is 0 Å². The molecule has 0 saturated heterocycles. The van der Waals surface area contributed by atoms with Crippen molar-refractivity contribution in [2.45, 2.75) is 19.1 Å². The fourth-order valence-corrected chi connectivity index (χ4v) is 2.02. The molecule has 0 amide bonds. The van der Waals surface area contributed by atoms with Crippen LogP contribution in [0.4, 0.5) is 4.39 Å². The number of esters is 1. The van der Waals surface area contributed by atoms with Gasteiger partial charge < -0.3 is 15.6 Å². The van der Waals surface area contributed by atoms with Gasteiger partial charge in [0.2, 0.25) is 6.17 Å². The van der Waals surface area contributed by atoms with Crippen molar-refractivity contribution in [1.82, 2.24) is 0 Å². The van der Waals surface area contributed by atoms with Gasteiger partial charge in [0.25, 0.3) is 0 Å². The molecule has 100 valence electrons. The van der Waals surface area contributed by atoms with E-state index in [9.17, 15) is 14.3 Å². The monoisotopic (exact) mass is 295 g/mol. The van der Waals surface area contributed by atoms with Crippen LogP contribution in [0.15, 0.2) is 12.1 Å². The van der Waals surface area contributed by atoms with E-state index in [1.165, 1.54) is 12.1 Å². The standard InChI is InChI=1S/C11H12Cl2FNO3/c1-2-18-11(17)9(14)10(15)8-6(13)3-5(12)4-7(8)16/h3-4,9-10,16H,2,15H2,1H3/t9?,10-/m0/s1. The lowest BCUT2D eigenvalue weighted by molar-refractivity contribution is -0.149. The highest BCUT2D eigenvalue weighted by molar-refractivity contribution is 6.35. The quantitative estimate of drug-likeness (QED) is 0.838. The molecule has 0 radical (unpaired) electrons. The molecule has 0 aliphatic rings. The van der Waals surface area contributed by atoms with Crippen molar-refractivity contribution < 1.29 is 19.0 Å². The molecule has 1 aromatic carbocycles. The van der Waals surface area contributed by atoms with Crippen LogP contribution in [0.5, 0.6) is 5.75 Å². The van der Waals surface area contributed by atoms with E-state index in [1.54, 1.807) is 6.92 Å². The van der Waals surface area contributed by atoms with Crippen LogP contribution < -0.4 is 5.73 Å². The predicted octanol–water partition coefficient (Wildman–Crippen LogP) is 2.60. The Morgan fingerprint density at radius 2 is 2.17 bits per heavy atom. The van der Waals surface area contributed by atoms with E-state index in [-0.39, 0.29) is 28.0 Å². The molecule has 0 bridgehead atoms. The SMILES string of the molecule is CCOC(=O)C(F)[C@@H](N)c1c(O)cc(Cl)cc1Cl. The largest absolute Gasteiger partial charge is 0.507 e. The Hall–Kier alpha value is -1.04. The number of nitrogens with two attached hydrogens (primary N) is 1. The minimum Gasteiger partial charge on any atom is -0.507 e. The van der Waals surface area contributed by atoms with Crippen molar-refractivity contribution in [3.8, 4) is 5.75 Å². The number of phenols is 1. The molecule has 1 rings (SSSR count). The summed E-state index contributed by atoms with van der Waals surface area (Å²) in [6, 6.07) is 1.05. The van der Waals surface area contributed by atoms with Crippen LogP contribution >= 0.6 is 23.2 Å². The van der Waals surface area contributed by atoms with Gasteiger partial charge in [0, 0.05) is 10.6 Å². The van der Waals surface area contributed by atoms with Gasteiger partial charge >= 0.3 is 5.97 Å². The van der Waals surface area contributed by atoms with Crippen LogP contribution in [0.25, 0.3) is 0 Å². The first-order valence-corrected chi connectivity index (χ1v) is 5.88. The van der Waals surface area contributed by atoms with Gasteiger partial charge in [-0.25, -0.2) is 9.18 Å². The number of aromatic hydroxyl groups is 1. The number of hydrogen-bond donors (Lipinski definition) is 2. The van der Waals surface area contributed by atoms with Crippen LogP contribution in [0.3, 0.4) is 0 Å². The van der Waals surface area contributed by atoms with Gasteiger partial charge in [0.05, 0.1) is 17.7 Å². The average Bonchev–Trinajstić information content (AvgIpc) is 2.26. The fraction of sp³-hybridized carbons (Fsp3) is 0.364. The van der Waals surface area contributed by atoms with Crippen LogP contribution in [-0.4, -0.2) is 23.9 Å². The summed E-state index contributed by atoms with van der Waals surface area (Å²) in [5.41, 5.74) is 5.48. The third kappa shape index (κ3) is 3.25. The maximum absolute atomic E-state index is 13.7. The van der Waals surface area contributed by atoms with Gasteiger partial charge in [-0.05, 0) is 19.1 Å². The zero-order valence-corrected chi connectivity index (χ0v) is 11.0. The molecule has 0 saturated carbocycles. The number of phenolic OH excluding ortho intramolecular Hbond substituents is 1. The zero-order chi connectivity index (χ0) is 13.9. The number of halogens is 3. The number of carbonyl (C=O) groups is 1. The van der Waals surface area contributed by atoms with Gasteiger partial charge in [-0.1, -0.05) is 23.2 Å². The highest BCUT2D eigenvalue weighted by Crippen LogP contribution is 2.35. The highest BCUT2D eigenvalue weighted by Gasteiger charge is 2.31. The van der Waals surface area contributed by atoms with E-state index in [2.05, 4.69) is 4.74 Å². The molecule has 2 atom stereocenters. The first-order chi connectivity index (χ1) is 8.38. The van der Waals surface area contributed by atoms with E-state index < -0.39 is 18.2 Å². The maximum atomic E-state index is 13.7. The van der Waals surface area contributed by atoms with Gasteiger partial charge in [0.1, 0.15) is 5.75 Å². The van der Waals surface area contributed by atoms with E-state index in [0.29, 0.717) is 0 Å². The molecule has 18 heavy (non-hydrogen) atoms. The number of benzene rings is 1. The minimum absolute atomic E-state index is 0.0144. The predicted molar refractivity (Wildman–Crippen MR) is 66.6 cm³/mol. The maximum Gasteiger partial charge on any atom is 0.342 e. The summed E-state index contributed by atoms with van der Waals surface area (Å²) in [5, 5.41) is 9.80. The second-order valence-electron chi connectivity index (χ2n) is 3.50. The molecule has 3 N–H and O–H groups in total. The summed E-state index contributed by atoms with van der Waals surface area (Å²) < 4.78 is 18.2. The van der Waals surface area contributed by atoms with E-state index in [1.807, 2.05) is 0 Å². The minimum atomic E-state index is -2.12. The van der Waals surface area contributed by atoms with Crippen LogP contribution in [0.1, 0.15) is 18.5 Å². The average molecular weight is 296 g/mol. The van der Waals surface area contributed by atoms with Crippen molar-refractivity contribution >= 4 is 29.2 Å². The Morgan fingerprint density at radius 1 is 1.56 bits per heavy atom. The second kappa shape index (κ2) is 6.22. The molecule has 1 aromatic rings. The van der Waals surface area contributed by atoms with Gasteiger partial charge in [0.15, 0.2) is 0 Å². The van der Waals surface area contributed by atoms with Crippen LogP contribution in [0, 0.1) is 0 Å². The van der Waals surface area contributed by atoms with Crippen molar-refractivity contribution in [2.75, 3.05) is 6.61 Å². The number of alkyl halides is 1. The molecular formula is C11H12Cl2FNO3. The Morgan fingerprint density at radius 3 is 2.67 bits per heavy atom.